The zero-order valence-corrected chi connectivity index (χ0v) is 21.5. The van der Waals surface area contributed by atoms with Gasteiger partial charge in [-0.15, -0.1) is 0 Å². The van der Waals surface area contributed by atoms with Crippen molar-refractivity contribution in [2.45, 2.75) is 87.3 Å². The molecule has 0 aliphatic heterocycles. The third kappa shape index (κ3) is 4.31. The van der Waals surface area contributed by atoms with Crippen molar-refractivity contribution in [3.63, 3.8) is 0 Å². The Bertz CT molecular complexity index is 1290. The molecule has 5 nitrogen and oxygen atoms in total. The van der Waals surface area contributed by atoms with Gasteiger partial charge in [0.1, 0.15) is 5.65 Å². The van der Waals surface area contributed by atoms with E-state index in [0.717, 1.165) is 60.7 Å². The zero-order chi connectivity index (χ0) is 23.9. The Morgan fingerprint density at radius 1 is 0.939 bits per heavy atom. The van der Waals surface area contributed by atoms with Crippen LogP contribution in [0, 0.1) is 34.6 Å². The van der Waals surface area contributed by atoms with Crippen LogP contribution >= 0.6 is 0 Å². The van der Waals surface area contributed by atoms with Crippen molar-refractivity contribution in [3.8, 4) is 11.1 Å². The maximum atomic E-state index is 5.83. The summed E-state index contributed by atoms with van der Waals surface area (Å²) in [6.45, 7) is 18.9. The molecule has 0 aliphatic rings. The van der Waals surface area contributed by atoms with Crippen molar-refractivity contribution < 1.29 is 4.74 Å². The predicted molar refractivity (Wildman–Crippen MR) is 137 cm³/mol. The molecular formula is C28H38N4O. The zero-order valence-electron chi connectivity index (χ0n) is 21.5. The van der Waals surface area contributed by atoms with Crippen LogP contribution in [0.4, 0.5) is 0 Å². The normalized spacial score (nSPS) is 12.0. The molecule has 0 saturated carbocycles. The number of hydrogen-bond donors (Lipinski definition) is 0. The molecule has 0 amide bonds. The summed E-state index contributed by atoms with van der Waals surface area (Å²) in [5.74, 6) is 0. The Balaban J connectivity index is 1.95. The van der Waals surface area contributed by atoms with Crippen LogP contribution in [0.1, 0.15) is 67.4 Å². The van der Waals surface area contributed by atoms with Gasteiger partial charge in [0.05, 0.1) is 23.1 Å². The number of aryl methyl sites for hydroxylation is 7. The summed E-state index contributed by atoms with van der Waals surface area (Å²) < 4.78 is 10.4. The van der Waals surface area contributed by atoms with Crippen LogP contribution in [0.3, 0.4) is 0 Å². The molecule has 0 fully saturated rings. The van der Waals surface area contributed by atoms with Gasteiger partial charge in [0.25, 0.3) is 0 Å². The van der Waals surface area contributed by atoms with Crippen LogP contribution in [-0.4, -0.2) is 31.9 Å². The van der Waals surface area contributed by atoms with Crippen LogP contribution in [0.5, 0.6) is 0 Å². The van der Waals surface area contributed by atoms with Gasteiger partial charge < -0.3 is 9.30 Å². The highest BCUT2D eigenvalue weighted by Gasteiger charge is 2.22. The van der Waals surface area contributed by atoms with Gasteiger partial charge in [0, 0.05) is 24.2 Å². The lowest BCUT2D eigenvalue weighted by atomic mass is 9.94. The molecule has 0 N–H and O–H groups in total. The number of nitrogens with zero attached hydrogens (tertiary/aromatic N) is 4. The molecule has 4 aromatic rings. The van der Waals surface area contributed by atoms with E-state index in [1.165, 1.54) is 33.3 Å². The van der Waals surface area contributed by atoms with Gasteiger partial charge in [0.2, 0.25) is 0 Å². The molecule has 0 aliphatic carbocycles. The fourth-order valence-corrected chi connectivity index (χ4v) is 5.19. The molecule has 1 aromatic carbocycles. The minimum Gasteiger partial charge on any atom is -0.379 e. The number of fused-ring (bicyclic) bond motifs is 3. The Labute approximate surface area is 197 Å². The summed E-state index contributed by atoms with van der Waals surface area (Å²) >= 11 is 0. The van der Waals surface area contributed by atoms with Crippen molar-refractivity contribution in [2.24, 2.45) is 0 Å². The third-order valence-electron chi connectivity index (χ3n) is 6.46. The monoisotopic (exact) mass is 446 g/mol. The first-order chi connectivity index (χ1) is 15.7. The number of rotatable bonds is 8. The highest BCUT2D eigenvalue weighted by atomic mass is 16.5. The van der Waals surface area contributed by atoms with E-state index in [1.54, 1.807) is 0 Å². The molecule has 33 heavy (non-hydrogen) atoms. The Morgan fingerprint density at radius 3 is 2.27 bits per heavy atom. The van der Waals surface area contributed by atoms with Crippen molar-refractivity contribution in [1.82, 2.24) is 19.2 Å². The summed E-state index contributed by atoms with van der Waals surface area (Å²) in [5, 5.41) is 6.25. The largest absolute Gasteiger partial charge is 0.379 e. The summed E-state index contributed by atoms with van der Waals surface area (Å²) in [6, 6.07) is 6.84. The Kier molecular flexibility index (Phi) is 6.62. The van der Waals surface area contributed by atoms with Gasteiger partial charge >= 0.3 is 0 Å². The molecule has 176 valence electrons. The van der Waals surface area contributed by atoms with Crippen LogP contribution in [-0.2, 0) is 17.7 Å². The molecule has 5 heteroatoms. The van der Waals surface area contributed by atoms with E-state index in [-0.39, 0.29) is 6.10 Å². The van der Waals surface area contributed by atoms with Crippen molar-refractivity contribution >= 4 is 16.7 Å². The maximum absolute atomic E-state index is 5.83. The molecule has 3 aromatic heterocycles. The van der Waals surface area contributed by atoms with Gasteiger partial charge in [-0.1, -0.05) is 31.0 Å². The quantitative estimate of drug-likeness (QED) is 0.284. The average molecular weight is 447 g/mol. The third-order valence-corrected chi connectivity index (χ3v) is 6.46. The molecule has 4 rings (SSSR count). The summed E-state index contributed by atoms with van der Waals surface area (Å²) in [7, 11) is 0. The number of benzene rings is 1. The average Bonchev–Trinajstić information content (AvgIpc) is 3.23. The highest BCUT2D eigenvalue weighted by molar-refractivity contribution is 5.90. The first-order valence-corrected chi connectivity index (χ1v) is 12.3. The van der Waals surface area contributed by atoms with Crippen molar-refractivity contribution in [3.05, 3.63) is 52.0 Å². The molecule has 0 radical (unpaired) electrons. The van der Waals surface area contributed by atoms with Crippen LogP contribution < -0.4 is 0 Å². The number of aromatic nitrogens is 4. The van der Waals surface area contributed by atoms with Crippen LogP contribution in [0.15, 0.2) is 18.2 Å². The van der Waals surface area contributed by atoms with E-state index < -0.39 is 0 Å². The second-order valence-electron chi connectivity index (χ2n) is 9.71. The first kappa shape index (κ1) is 23.5. The first-order valence-electron chi connectivity index (χ1n) is 12.3. The van der Waals surface area contributed by atoms with E-state index in [2.05, 4.69) is 82.7 Å². The fourth-order valence-electron chi connectivity index (χ4n) is 5.19. The molecule has 0 saturated heterocycles. The fraction of sp³-hybridized carbons (Fsp3) is 0.500. The standard InChI is InChI=1S/C28H38N4O/c1-9-11-23-16-24-21(7)29-27-26(25-19(5)14-18(4)15-20(25)6)22(8)30-32(27)28(24)31(23)12-10-13-33-17(2)3/h14-17H,9-13H2,1-8H3. The summed E-state index contributed by atoms with van der Waals surface area (Å²) in [4.78, 5) is 5.10. The lowest BCUT2D eigenvalue weighted by Crippen LogP contribution is -2.11. The minimum atomic E-state index is 0.261. The molecular weight excluding hydrogens is 408 g/mol. The molecule has 0 spiro atoms. The predicted octanol–water partition coefficient (Wildman–Crippen LogP) is 6.66. The van der Waals surface area contributed by atoms with E-state index >= 15 is 0 Å². The van der Waals surface area contributed by atoms with E-state index in [1.807, 2.05) is 0 Å². The van der Waals surface area contributed by atoms with E-state index in [0.29, 0.717) is 0 Å². The topological polar surface area (TPSA) is 44.4 Å². The number of hydrogen-bond acceptors (Lipinski definition) is 3. The lowest BCUT2D eigenvalue weighted by Gasteiger charge is -2.13. The lowest BCUT2D eigenvalue weighted by molar-refractivity contribution is 0.0749. The molecule has 0 atom stereocenters. The smallest absolute Gasteiger partial charge is 0.165 e. The second kappa shape index (κ2) is 9.30. The van der Waals surface area contributed by atoms with Gasteiger partial charge in [-0.05, 0) is 84.1 Å². The van der Waals surface area contributed by atoms with Gasteiger partial charge in [0.15, 0.2) is 5.65 Å². The van der Waals surface area contributed by atoms with E-state index in [9.17, 15) is 0 Å². The van der Waals surface area contributed by atoms with Crippen molar-refractivity contribution in [1.29, 1.82) is 0 Å². The van der Waals surface area contributed by atoms with Crippen LogP contribution in [0.2, 0.25) is 0 Å². The van der Waals surface area contributed by atoms with Crippen LogP contribution in [0.25, 0.3) is 27.8 Å². The second-order valence-corrected chi connectivity index (χ2v) is 9.71. The van der Waals surface area contributed by atoms with Gasteiger partial charge in [-0.25, -0.2) is 4.98 Å². The summed E-state index contributed by atoms with van der Waals surface area (Å²) in [6.07, 6.45) is 3.39. The number of ether oxygens (including phenoxy) is 1. The minimum absolute atomic E-state index is 0.261. The SMILES string of the molecule is CCCc1cc2c(C)nc3c(-c4c(C)cc(C)cc4C)c(C)nn3c2n1CCCOC(C)C. The molecule has 0 bridgehead atoms. The van der Waals surface area contributed by atoms with Gasteiger partial charge in [-0.3, -0.25) is 0 Å². The Hall–Kier alpha value is -2.66. The highest BCUT2D eigenvalue weighted by Crippen LogP contribution is 2.36. The molecule has 0 unspecified atom stereocenters. The van der Waals surface area contributed by atoms with Gasteiger partial charge in [-0.2, -0.15) is 9.61 Å². The van der Waals surface area contributed by atoms with Crippen molar-refractivity contribution in [2.75, 3.05) is 6.61 Å². The maximum Gasteiger partial charge on any atom is 0.165 e. The summed E-state index contributed by atoms with van der Waals surface area (Å²) in [5.41, 5.74) is 11.8. The Morgan fingerprint density at radius 2 is 1.64 bits per heavy atom. The van der Waals surface area contributed by atoms with E-state index in [4.69, 9.17) is 14.8 Å². The molecule has 3 heterocycles.